The average Bonchev–Trinajstić information content (AvgIpc) is 2.50. The summed E-state index contributed by atoms with van der Waals surface area (Å²) in [6, 6.07) is 1.65. The van der Waals surface area contributed by atoms with Gasteiger partial charge in [0.25, 0.3) is 5.91 Å². The van der Waals surface area contributed by atoms with E-state index in [1.807, 2.05) is 0 Å². The first kappa shape index (κ1) is 17.9. The van der Waals surface area contributed by atoms with Crippen LogP contribution in [0.1, 0.15) is 55.8 Å². The number of carbonyl (C=O) groups excluding carboxylic acids is 1. The number of hydrogen-bond donors (Lipinski definition) is 1. The molecule has 0 spiro atoms. The molecular weight excluding hydrogens is 288 g/mol. The number of nitrogens with zero attached hydrogens (tertiary/aromatic N) is 2. The molecule has 1 aromatic rings. The van der Waals surface area contributed by atoms with Crippen molar-refractivity contribution in [2.24, 2.45) is 0 Å². The van der Waals surface area contributed by atoms with Crippen molar-refractivity contribution < 1.29 is 9.90 Å². The lowest BCUT2D eigenvalue weighted by molar-refractivity contribution is 0.0741. The summed E-state index contributed by atoms with van der Waals surface area (Å²) in [4.78, 5) is 18.2. The van der Waals surface area contributed by atoms with Crippen molar-refractivity contribution in [3.63, 3.8) is 0 Å². The van der Waals surface area contributed by atoms with Gasteiger partial charge in [0, 0.05) is 32.1 Å². The van der Waals surface area contributed by atoms with E-state index in [2.05, 4.69) is 11.9 Å². The van der Waals surface area contributed by atoms with Crippen LogP contribution in [0.2, 0.25) is 5.02 Å². The zero-order valence-corrected chi connectivity index (χ0v) is 13.5. The van der Waals surface area contributed by atoms with Crippen LogP contribution in [-0.4, -0.2) is 40.6 Å². The minimum absolute atomic E-state index is 0.0775. The van der Waals surface area contributed by atoms with Crippen molar-refractivity contribution in [1.29, 1.82) is 0 Å². The van der Waals surface area contributed by atoms with Crippen LogP contribution >= 0.6 is 11.6 Å². The Labute approximate surface area is 132 Å². The third-order valence-corrected chi connectivity index (χ3v) is 3.71. The second-order valence-electron chi connectivity index (χ2n) is 5.14. The van der Waals surface area contributed by atoms with Gasteiger partial charge in [-0.15, -0.1) is 0 Å². The Morgan fingerprint density at radius 3 is 2.62 bits per heavy atom. The second kappa shape index (κ2) is 10.6. The lowest BCUT2D eigenvalue weighted by Crippen LogP contribution is -2.33. The molecular formula is C16H25ClN2O2. The number of aliphatic hydroxyl groups is 1. The van der Waals surface area contributed by atoms with Gasteiger partial charge in [0.15, 0.2) is 0 Å². The Morgan fingerprint density at radius 2 is 1.95 bits per heavy atom. The number of aliphatic hydroxyl groups excluding tert-OH is 1. The Hall–Kier alpha value is -1.13. The van der Waals surface area contributed by atoms with Gasteiger partial charge in [-0.2, -0.15) is 0 Å². The summed E-state index contributed by atoms with van der Waals surface area (Å²) in [5.41, 5.74) is 0.484. The maximum atomic E-state index is 12.5. The largest absolute Gasteiger partial charge is 0.396 e. The maximum Gasteiger partial charge on any atom is 0.255 e. The molecule has 0 bridgehead atoms. The minimum Gasteiger partial charge on any atom is -0.396 e. The van der Waals surface area contributed by atoms with E-state index in [-0.39, 0.29) is 12.5 Å². The molecule has 1 N–H and O–H groups in total. The maximum absolute atomic E-state index is 12.5. The van der Waals surface area contributed by atoms with Crippen LogP contribution in [0, 0.1) is 0 Å². The first-order valence-electron chi connectivity index (χ1n) is 7.70. The lowest BCUT2D eigenvalue weighted by Gasteiger charge is -2.23. The van der Waals surface area contributed by atoms with E-state index < -0.39 is 0 Å². The van der Waals surface area contributed by atoms with Crippen LogP contribution in [-0.2, 0) is 0 Å². The normalized spacial score (nSPS) is 10.6. The predicted octanol–water partition coefficient (Wildman–Crippen LogP) is 3.53. The SMILES string of the molecule is CCCCCCCN(CCCO)C(=O)c1ccncc1Cl. The van der Waals surface area contributed by atoms with Crippen molar-refractivity contribution in [1.82, 2.24) is 9.88 Å². The molecule has 1 heterocycles. The molecule has 0 saturated carbocycles. The molecule has 0 fully saturated rings. The minimum atomic E-state index is -0.0775. The summed E-state index contributed by atoms with van der Waals surface area (Å²) in [5, 5.41) is 9.37. The molecule has 118 valence electrons. The van der Waals surface area contributed by atoms with Crippen LogP contribution in [0.5, 0.6) is 0 Å². The van der Waals surface area contributed by atoms with Crippen LogP contribution in [0.15, 0.2) is 18.5 Å². The van der Waals surface area contributed by atoms with Crippen molar-refractivity contribution in [2.45, 2.75) is 45.4 Å². The quantitative estimate of drug-likeness (QED) is 0.672. The summed E-state index contributed by atoms with van der Waals surface area (Å²) >= 11 is 6.04. The molecule has 21 heavy (non-hydrogen) atoms. The molecule has 0 unspecified atom stereocenters. The standard InChI is InChI=1S/C16H25ClN2O2/c1-2-3-4-5-6-10-19(11-7-12-20)16(21)14-8-9-18-13-15(14)17/h8-9,13,20H,2-7,10-12H2,1H3. The summed E-state index contributed by atoms with van der Waals surface area (Å²) < 4.78 is 0. The highest BCUT2D eigenvalue weighted by molar-refractivity contribution is 6.33. The molecule has 1 amide bonds. The van der Waals surface area contributed by atoms with E-state index in [0.29, 0.717) is 30.1 Å². The number of halogens is 1. The van der Waals surface area contributed by atoms with Crippen LogP contribution in [0.25, 0.3) is 0 Å². The predicted molar refractivity (Wildman–Crippen MR) is 85.6 cm³/mol. The number of pyridine rings is 1. The monoisotopic (exact) mass is 312 g/mol. The molecule has 0 aromatic carbocycles. The zero-order valence-electron chi connectivity index (χ0n) is 12.7. The highest BCUT2D eigenvalue weighted by atomic mass is 35.5. The fraction of sp³-hybridized carbons (Fsp3) is 0.625. The fourth-order valence-corrected chi connectivity index (χ4v) is 2.40. The Kier molecular flexibility index (Phi) is 9.02. The molecule has 0 atom stereocenters. The topological polar surface area (TPSA) is 53.4 Å². The third kappa shape index (κ3) is 6.44. The molecule has 0 aliphatic rings. The summed E-state index contributed by atoms with van der Waals surface area (Å²) in [7, 11) is 0. The lowest BCUT2D eigenvalue weighted by atomic mass is 10.1. The molecule has 5 heteroatoms. The van der Waals surface area contributed by atoms with Crippen molar-refractivity contribution in [2.75, 3.05) is 19.7 Å². The fourth-order valence-electron chi connectivity index (χ4n) is 2.20. The van der Waals surface area contributed by atoms with Crippen molar-refractivity contribution in [3.05, 3.63) is 29.0 Å². The first-order valence-corrected chi connectivity index (χ1v) is 8.08. The highest BCUT2D eigenvalue weighted by Gasteiger charge is 2.17. The van der Waals surface area contributed by atoms with Crippen LogP contribution in [0.4, 0.5) is 0 Å². The number of hydrogen-bond acceptors (Lipinski definition) is 3. The van der Waals surface area contributed by atoms with Gasteiger partial charge in [0.1, 0.15) is 0 Å². The summed E-state index contributed by atoms with van der Waals surface area (Å²) in [6.07, 6.45) is 9.41. The van der Waals surface area contributed by atoms with Gasteiger partial charge in [-0.25, -0.2) is 0 Å². The number of amides is 1. The van der Waals surface area contributed by atoms with Gasteiger partial charge in [-0.3, -0.25) is 9.78 Å². The van der Waals surface area contributed by atoms with Crippen LogP contribution < -0.4 is 0 Å². The Bertz CT molecular complexity index is 426. The van der Waals surface area contributed by atoms with Crippen molar-refractivity contribution in [3.8, 4) is 0 Å². The van der Waals surface area contributed by atoms with Gasteiger partial charge < -0.3 is 10.0 Å². The second-order valence-corrected chi connectivity index (χ2v) is 5.55. The van der Waals surface area contributed by atoms with E-state index >= 15 is 0 Å². The van der Waals surface area contributed by atoms with E-state index in [4.69, 9.17) is 16.7 Å². The summed E-state index contributed by atoms with van der Waals surface area (Å²) in [5.74, 6) is -0.0775. The molecule has 0 radical (unpaired) electrons. The van der Waals surface area contributed by atoms with E-state index in [9.17, 15) is 4.79 Å². The number of carbonyl (C=O) groups is 1. The van der Waals surface area contributed by atoms with Gasteiger partial charge in [0.05, 0.1) is 10.6 Å². The highest BCUT2D eigenvalue weighted by Crippen LogP contribution is 2.16. The van der Waals surface area contributed by atoms with E-state index in [1.165, 1.54) is 25.5 Å². The van der Waals surface area contributed by atoms with Gasteiger partial charge in [-0.05, 0) is 18.9 Å². The van der Waals surface area contributed by atoms with Crippen molar-refractivity contribution >= 4 is 17.5 Å². The average molecular weight is 313 g/mol. The molecule has 0 aliphatic carbocycles. The Balaban J connectivity index is 2.59. The number of aromatic nitrogens is 1. The number of rotatable bonds is 10. The number of unbranched alkanes of at least 4 members (excludes halogenated alkanes) is 4. The van der Waals surface area contributed by atoms with E-state index in [0.717, 1.165) is 12.8 Å². The van der Waals surface area contributed by atoms with Gasteiger partial charge in [0.2, 0.25) is 0 Å². The molecule has 0 aliphatic heterocycles. The first-order chi connectivity index (χ1) is 10.2. The zero-order chi connectivity index (χ0) is 15.5. The van der Waals surface area contributed by atoms with Gasteiger partial charge >= 0.3 is 0 Å². The third-order valence-electron chi connectivity index (χ3n) is 3.41. The molecule has 0 saturated heterocycles. The van der Waals surface area contributed by atoms with Crippen LogP contribution in [0.3, 0.4) is 0 Å². The molecule has 1 aromatic heterocycles. The van der Waals surface area contributed by atoms with E-state index in [1.54, 1.807) is 17.2 Å². The Morgan fingerprint density at radius 1 is 1.24 bits per heavy atom. The summed E-state index contributed by atoms with van der Waals surface area (Å²) in [6.45, 7) is 3.54. The smallest absolute Gasteiger partial charge is 0.255 e. The molecule has 1 rings (SSSR count). The molecule has 4 nitrogen and oxygen atoms in total. The van der Waals surface area contributed by atoms with Gasteiger partial charge in [-0.1, -0.05) is 44.2 Å².